The molecule has 86 valence electrons. The van der Waals surface area contributed by atoms with Gasteiger partial charge in [0.25, 0.3) is 0 Å². The monoisotopic (exact) mass is 288 g/mol. The van der Waals surface area contributed by atoms with Crippen LogP contribution in [0.1, 0.15) is 38.3 Å². The zero-order valence-corrected chi connectivity index (χ0v) is 13.1. The summed E-state index contributed by atoms with van der Waals surface area (Å²) in [5.41, 5.74) is 2.78. The maximum absolute atomic E-state index is 2.35. The SMILES string of the molecule is Br.CCC(C)(C)Pc1cc(C)cc(C)c1. The summed E-state index contributed by atoms with van der Waals surface area (Å²) < 4.78 is 0. The quantitative estimate of drug-likeness (QED) is 0.725. The van der Waals surface area contributed by atoms with Crippen LogP contribution < -0.4 is 5.30 Å². The molecule has 1 atom stereocenters. The van der Waals surface area contributed by atoms with Crippen LogP contribution in [0.15, 0.2) is 18.2 Å². The van der Waals surface area contributed by atoms with Crippen LogP contribution in [0.25, 0.3) is 0 Å². The fraction of sp³-hybridized carbons (Fsp3) is 0.538. The highest BCUT2D eigenvalue weighted by Gasteiger charge is 2.15. The number of hydrogen-bond donors (Lipinski definition) is 0. The van der Waals surface area contributed by atoms with E-state index in [-0.39, 0.29) is 17.0 Å². The molecule has 1 unspecified atom stereocenters. The van der Waals surface area contributed by atoms with E-state index in [9.17, 15) is 0 Å². The van der Waals surface area contributed by atoms with Crippen molar-refractivity contribution in [2.75, 3.05) is 0 Å². The van der Waals surface area contributed by atoms with Gasteiger partial charge >= 0.3 is 0 Å². The predicted molar refractivity (Wildman–Crippen MR) is 78.6 cm³/mol. The van der Waals surface area contributed by atoms with Crippen LogP contribution in [-0.2, 0) is 0 Å². The maximum atomic E-state index is 2.35. The fourth-order valence-corrected chi connectivity index (χ4v) is 3.08. The molecule has 0 aromatic heterocycles. The Morgan fingerprint density at radius 3 is 1.93 bits per heavy atom. The van der Waals surface area contributed by atoms with Crippen LogP contribution in [0.2, 0.25) is 0 Å². The lowest BCUT2D eigenvalue weighted by atomic mass is 10.1. The fourth-order valence-electron chi connectivity index (χ4n) is 1.53. The van der Waals surface area contributed by atoms with E-state index >= 15 is 0 Å². The summed E-state index contributed by atoms with van der Waals surface area (Å²) in [6.07, 6.45) is 1.25. The third-order valence-electron chi connectivity index (χ3n) is 2.59. The molecule has 0 saturated carbocycles. The maximum Gasteiger partial charge on any atom is -0.0141 e. The second-order valence-electron chi connectivity index (χ2n) is 4.74. The van der Waals surface area contributed by atoms with E-state index < -0.39 is 0 Å². The number of halogens is 1. The highest BCUT2D eigenvalue weighted by Crippen LogP contribution is 2.33. The second-order valence-corrected chi connectivity index (χ2v) is 6.92. The summed E-state index contributed by atoms with van der Waals surface area (Å²) in [4.78, 5) is 0. The molecule has 2 heteroatoms. The minimum absolute atomic E-state index is 0. The first kappa shape index (κ1) is 15.1. The van der Waals surface area contributed by atoms with Gasteiger partial charge in [0.05, 0.1) is 0 Å². The summed E-state index contributed by atoms with van der Waals surface area (Å²) in [7, 11) is 0.924. The van der Waals surface area contributed by atoms with Crippen molar-refractivity contribution < 1.29 is 0 Å². The van der Waals surface area contributed by atoms with Crippen LogP contribution in [0.5, 0.6) is 0 Å². The van der Waals surface area contributed by atoms with Crippen molar-refractivity contribution in [1.29, 1.82) is 0 Å². The van der Waals surface area contributed by atoms with Crippen molar-refractivity contribution in [2.45, 2.75) is 46.2 Å². The largest absolute Gasteiger partial charge is 0.114 e. The van der Waals surface area contributed by atoms with Gasteiger partial charge in [-0.05, 0) is 30.7 Å². The van der Waals surface area contributed by atoms with Gasteiger partial charge in [0.1, 0.15) is 0 Å². The zero-order chi connectivity index (χ0) is 10.8. The van der Waals surface area contributed by atoms with Gasteiger partial charge in [-0.25, -0.2) is 0 Å². The van der Waals surface area contributed by atoms with E-state index in [0.717, 1.165) is 8.58 Å². The van der Waals surface area contributed by atoms with Gasteiger partial charge in [0, 0.05) is 0 Å². The van der Waals surface area contributed by atoms with E-state index in [2.05, 4.69) is 52.8 Å². The van der Waals surface area contributed by atoms with E-state index in [1.54, 1.807) is 0 Å². The Kier molecular flexibility index (Phi) is 6.06. The normalized spacial score (nSPS) is 11.8. The molecule has 1 aromatic rings. The molecule has 0 aliphatic rings. The molecule has 0 spiro atoms. The van der Waals surface area contributed by atoms with Crippen LogP contribution in [-0.4, -0.2) is 5.16 Å². The Bertz CT molecular complexity index is 298. The highest BCUT2D eigenvalue weighted by atomic mass is 79.9. The lowest BCUT2D eigenvalue weighted by molar-refractivity contribution is 0.681. The van der Waals surface area contributed by atoms with Crippen molar-refractivity contribution in [2.24, 2.45) is 0 Å². The van der Waals surface area contributed by atoms with E-state index in [1.165, 1.54) is 22.9 Å². The molecule has 0 fully saturated rings. The third kappa shape index (κ3) is 5.13. The molecule has 0 aliphatic carbocycles. The molecule has 0 amide bonds. The third-order valence-corrected chi connectivity index (χ3v) is 4.20. The Morgan fingerprint density at radius 1 is 1.07 bits per heavy atom. The molecule has 0 heterocycles. The molecule has 0 radical (unpaired) electrons. The summed E-state index contributed by atoms with van der Waals surface area (Å²) in [6, 6.07) is 6.89. The van der Waals surface area contributed by atoms with E-state index in [4.69, 9.17) is 0 Å². The van der Waals surface area contributed by atoms with Gasteiger partial charge in [-0.15, -0.1) is 17.0 Å². The number of rotatable bonds is 3. The topological polar surface area (TPSA) is 0 Å². The first-order valence-corrected chi connectivity index (χ1v) is 6.29. The van der Waals surface area contributed by atoms with E-state index in [0.29, 0.717) is 5.16 Å². The first-order valence-electron chi connectivity index (χ1n) is 5.29. The minimum Gasteiger partial charge on any atom is -0.114 e. The summed E-state index contributed by atoms with van der Waals surface area (Å²) in [6.45, 7) is 11.3. The number of aryl methyl sites for hydroxylation is 2. The average molecular weight is 289 g/mol. The van der Waals surface area contributed by atoms with Crippen molar-refractivity contribution in [3.63, 3.8) is 0 Å². The Balaban J connectivity index is 0.00000196. The predicted octanol–water partition coefficient (Wildman–Crippen LogP) is 4.37. The molecular weight excluding hydrogens is 267 g/mol. The molecule has 15 heavy (non-hydrogen) atoms. The summed E-state index contributed by atoms with van der Waals surface area (Å²) >= 11 is 0. The summed E-state index contributed by atoms with van der Waals surface area (Å²) in [5, 5.41) is 1.97. The minimum atomic E-state index is 0. The van der Waals surface area contributed by atoms with Crippen molar-refractivity contribution in [3.05, 3.63) is 29.3 Å². The van der Waals surface area contributed by atoms with Crippen LogP contribution in [0.4, 0.5) is 0 Å². The molecule has 0 saturated heterocycles. The van der Waals surface area contributed by atoms with Gasteiger partial charge in [-0.1, -0.05) is 58.7 Å². The lowest BCUT2D eigenvalue weighted by Gasteiger charge is -2.23. The van der Waals surface area contributed by atoms with Crippen LogP contribution in [0.3, 0.4) is 0 Å². The zero-order valence-electron chi connectivity index (χ0n) is 10.3. The number of benzene rings is 1. The first-order chi connectivity index (χ1) is 6.43. The van der Waals surface area contributed by atoms with Gasteiger partial charge < -0.3 is 0 Å². The molecular formula is C13H22BrP. The Morgan fingerprint density at radius 2 is 1.53 bits per heavy atom. The Hall–Kier alpha value is 0.130. The molecule has 1 aromatic carbocycles. The molecule has 0 N–H and O–H groups in total. The van der Waals surface area contributed by atoms with Crippen molar-refractivity contribution in [3.8, 4) is 0 Å². The average Bonchev–Trinajstić information content (AvgIpc) is 2.01. The molecule has 0 aliphatic heterocycles. The molecule has 1 rings (SSSR count). The smallest absolute Gasteiger partial charge is 0.0141 e. The second kappa shape index (κ2) is 6.01. The van der Waals surface area contributed by atoms with Gasteiger partial charge in [-0.2, -0.15) is 0 Å². The Labute approximate surface area is 106 Å². The summed E-state index contributed by atoms with van der Waals surface area (Å²) in [5.74, 6) is 0. The van der Waals surface area contributed by atoms with Crippen molar-refractivity contribution >= 4 is 30.9 Å². The van der Waals surface area contributed by atoms with Gasteiger partial charge in [0.2, 0.25) is 0 Å². The standard InChI is InChI=1S/C13H21P.BrH/c1-6-13(4,5)14-12-8-10(2)7-11(3)9-12;/h7-9,14H,6H2,1-5H3;1H. The van der Waals surface area contributed by atoms with Gasteiger partial charge in [-0.3, -0.25) is 0 Å². The molecule has 0 bridgehead atoms. The van der Waals surface area contributed by atoms with Crippen LogP contribution in [0, 0.1) is 13.8 Å². The van der Waals surface area contributed by atoms with Crippen molar-refractivity contribution in [1.82, 2.24) is 0 Å². The number of hydrogen-bond acceptors (Lipinski definition) is 0. The highest BCUT2D eigenvalue weighted by molar-refractivity contribution is 8.93. The van der Waals surface area contributed by atoms with Gasteiger partial charge in [0.15, 0.2) is 0 Å². The van der Waals surface area contributed by atoms with Crippen LogP contribution >= 0.6 is 25.6 Å². The lowest BCUT2D eigenvalue weighted by Crippen LogP contribution is -2.15. The molecule has 0 nitrogen and oxygen atoms in total. The van der Waals surface area contributed by atoms with E-state index in [1.807, 2.05) is 0 Å².